The minimum absolute atomic E-state index is 0.663. The Bertz CT molecular complexity index is 1680. The lowest BCUT2D eigenvalue weighted by atomic mass is 9.94. The van der Waals surface area contributed by atoms with Crippen LogP contribution in [0.3, 0.4) is 0 Å². The molecule has 0 spiro atoms. The van der Waals surface area contributed by atoms with Crippen LogP contribution in [0.5, 0.6) is 23.0 Å². The van der Waals surface area contributed by atoms with Crippen LogP contribution in [-0.4, -0.2) is 40.6 Å². The van der Waals surface area contributed by atoms with Crippen molar-refractivity contribution in [3.05, 3.63) is 55.1 Å². The van der Waals surface area contributed by atoms with Crippen molar-refractivity contribution >= 4 is 38.4 Å². The first kappa shape index (κ1) is 27.4. The maximum Gasteiger partial charge on any atom is 0.430 e. The molecule has 11 heteroatoms. The van der Waals surface area contributed by atoms with Gasteiger partial charge in [-0.2, -0.15) is 17.7 Å². The largest absolute Gasteiger partial charge is 0.542 e. The molecule has 0 atom stereocenters. The van der Waals surface area contributed by atoms with Crippen molar-refractivity contribution in [2.45, 2.75) is 6.18 Å². The predicted octanol–water partition coefficient (Wildman–Crippen LogP) is 4.56. The van der Waals surface area contributed by atoms with Gasteiger partial charge in [0.15, 0.2) is 29.2 Å². The number of fused-ring (bicyclic) bond motifs is 5. The number of rotatable bonds is 5. The summed E-state index contributed by atoms with van der Waals surface area (Å²) in [6.45, 7) is 0. The molecule has 0 amide bonds. The van der Waals surface area contributed by atoms with Crippen LogP contribution in [0.4, 0.5) is 13.2 Å². The zero-order chi connectivity index (χ0) is 28.5. The Morgan fingerprint density at radius 2 is 1.44 bits per heavy atom. The highest BCUT2D eigenvalue weighted by Gasteiger charge is 2.29. The van der Waals surface area contributed by atoms with Gasteiger partial charge in [0.25, 0.3) is 0 Å². The number of aromatic nitrogens is 1. The maximum atomic E-state index is 10.5. The van der Waals surface area contributed by atoms with E-state index in [-0.39, 0.29) is 0 Å². The number of hydrogen-bond acceptors (Lipinski definition) is 7. The first-order chi connectivity index (χ1) is 18.6. The number of carbonyl (C=O) groups is 1. The fourth-order valence-electron chi connectivity index (χ4n) is 4.63. The molecule has 0 aliphatic heterocycles. The molecule has 2 heterocycles. The smallest absolute Gasteiger partial charge is 0.430 e. The average molecular weight is 543 g/mol. The third kappa shape index (κ3) is 4.83. The number of hydrogen-bond donors (Lipinski definition) is 0. The minimum atomic E-state index is -5.19. The number of carboxylic acid groups (broad SMARTS) is 1. The molecule has 0 N–H and O–H groups in total. The lowest BCUT2D eigenvalue weighted by Crippen LogP contribution is -2.37. The molecule has 0 bridgehead atoms. The van der Waals surface area contributed by atoms with Gasteiger partial charge < -0.3 is 33.3 Å². The van der Waals surface area contributed by atoms with E-state index in [4.69, 9.17) is 33.3 Å². The summed E-state index contributed by atoms with van der Waals surface area (Å²) in [7, 11) is 8.65. The molecule has 0 radical (unpaired) electrons. The molecule has 0 unspecified atom stereocenters. The molecular weight excluding hydrogens is 519 g/mol. The molecule has 2 aromatic heterocycles. The van der Waals surface area contributed by atoms with E-state index in [1.165, 1.54) is 0 Å². The van der Waals surface area contributed by atoms with Crippen molar-refractivity contribution in [3.8, 4) is 34.1 Å². The van der Waals surface area contributed by atoms with Gasteiger partial charge in [0.1, 0.15) is 13.0 Å². The van der Waals surface area contributed by atoms with Crippen LogP contribution in [0.25, 0.3) is 43.6 Å². The fourth-order valence-corrected chi connectivity index (χ4v) is 4.63. The second-order valence-corrected chi connectivity index (χ2v) is 8.34. The van der Waals surface area contributed by atoms with E-state index in [2.05, 4.69) is 29.0 Å². The lowest BCUT2D eigenvalue weighted by Gasteiger charge is -2.16. The summed E-state index contributed by atoms with van der Waals surface area (Å²) in [5.74, 6) is -0.248. The standard InChI is InChI=1S/C26H24NO5.C2HF3O2/c1-27-13-20-16(8-9-21(28-2)25(20)30-4)18-7-6-17-19(24(18)27)12-22(29-3)26(31-5)23(17)15-10-11-32-14-15;3-2(4,5)1(6)7/h6-14H,1-5H3;(H,6,7)/q+1;/p-1. The van der Waals surface area contributed by atoms with E-state index in [9.17, 15) is 13.2 Å². The second-order valence-electron chi connectivity index (χ2n) is 8.34. The highest BCUT2D eigenvalue weighted by molar-refractivity contribution is 6.18. The summed E-state index contributed by atoms with van der Waals surface area (Å²) >= 11 is 0. The molecule has 5 aromatic rings. The number of benzene rings is 3. The van der Waals surface area contributed by atoms with Gasteiger partial charge >= 0.3 is 6.18 Å². The van der Waals surface area contributed by atoms with Gasteiger partial charge in [-0.1, -0.05) is 6.07 Å². The molecule has 0 saturated carbocycles. The SMILES string of the molecule is COc1cc2c(ccc3c4ccc(OC)c(OC)c4c[n+](C)c23)c(-c2ccoc2)c1OC.O=C([O-])C(F)(F)F. The van der Waals surface area contributed by atoms with Crippen LogP contribution < -0.4 is 28.6 Å². The van der Waals surface area contributed by atoms with Gasteiger partial charge in [0.05, 0.1) is 57.1 Å². The number of carboxylic acids is 1. The topological polar surface area (TPSA) is 94.1 Å². The van der Waals surface area contributed by atoms with Crippen molar-refractivity contribution in [1.82, 2.24) is 0 Å². The minimum Gasteiger partial charge on any atom is -0.542 e. The number of alkyl halides is 3. The van der Waals surface area contributed by atoms with Crippen molar-refractivity contribution in [1.29, 1.82) is 0 Å². The molecule has 39 heavy (non-hydrogen) atoms. The number of ether oxygens (including phenoxy) is 4. The molecule has 3 aromatic carbocycles. The summed E-state index contributed by atoms with van der Waals surface area (Å²) in [6, 6.07) is 12.2. The highest BCUT2D eigenvalue weighted by Crippen LogP contribution is 2.46. The number of methoxy groups -OCH3 is 4. The summed E-state index contributed by atoms with van der Waals surface area (Å²) < 4.78 is 61.7. The van der Waals surface area contributed by atoms with Crippen molar-refractivity contribution in [3.63, 3.8) is 0 Å². The number of furan rings is 1. The van der Waals surface area contributed by atoms with E-state index >= 15 is 0 Å². The number of nitrogens with zero attached hydrogens (tertiary/aromatic N) is 1. The normalized spacial score (nSPS) is 11.3. The van der Waals surface area contributed by atoms with Gasteiger partial charge in [-0.15, -0.1) is 0 Å². The van der Waals surface area contributed by atoms with Gasteiger partial charge in [0.2, 0.25) is 5.52 Å². The van der Waals surface area contributed by atoms with E-state index in [0.29, 0.717) is 23.0 Å². The Morgan fingerprint density at radius 1 is 0.821 bits per heavy atom. The Labute approximate surface area is 220 Å². The number of aryl methyl sites for hydroxylation is 1. The molecule has 0 aliphatic carbocycles. The molecule has 5 rings (SSSR count). The third-order valence-corrected chi connectivity index (χ3v) is 6.23. The van der Waals surface area contributed by atoms with Crippen molar-refractivity contribution in [2.24, 2.45) is 7.05 Å². The second kappa shape index (κ2) is 10.6. The molecule has 0 fully saturated rings. The summed E-state index contributed by atoms with van der Waals surface area (Å²) in [4.78, 5) is 8.78. The Hall–Kier alpha value is -4.67. The average Bonchev–Trinajstić information content (AvgIpc) is 3.45. The van der Waals surface area contributed by atoms with E-state index in [0.717, 1.165) is 43.6 Å². The lowest BCUT2D eigenvalue weighted by molar-refractivity contribution is -0.642. The van der Waals surface area contributed by atoms with Crippen LogP contribution in [0.1, 0.15) is 0 Å². The van der Waals surface area contributed by atoms with E-state index < -0.39 is 12.1 Å². The zero-order valence-corrected chi connectivity index (χ0v) is 21.6. The monoisotopic (exact) mass is 543 g/mol. The van der Waals surface area contributed by atoms with Crippen molar-refractivity contribution in [2.75, 3.05) is 28.4 Å². The third-order valence-electron chi connectivity index (χ3n) is 6.23. The summed E-state index contributed by atoms with van der Waals surface area (Å²) in [5, 5.41) is 14.0. The van der Waals surface area contributed by atoms with Crippen LogP contribution in [0.15, 0.2) is 59.5 Å². The first-order valence-corrected chi connectivity index (χ1v) is 11.4. The van der Waals surface area contributed by atoms with Crippen LogP contribution in [-0.2, 0) is 11.8 Å². The molecule has 8 nitrogen and oxygen atoms in total. The van der Waals surface area contributed by atoms with Crippen LogP contribution in [0, 0.1) is 0 Å². The summed E-state index contributed by atoms with van der Waals surface area (Å²) in [5.41, 5.74) is 2.94. The van der Waals surface area contributed by atoms with Crippen LogP contribution in [0.2, 0.25) is 0 Å². The van der Waals surface area contributed by atoms with Gasteiger partial charge in [0, 0.05) is 21.9 Å². The predicted molar refractivity (Wildman–Crippen MR) is 135 cm³/mol. The van der Waals surface area contributed by atoms with Crippen molar-refractivity contribution < 1.29 is 51.0 Å². The maximum absolute atomic E-state index is 10.5. The Balaban J connectivity index is 0.000000448. The number of aliphatic carboxylic acids is 1. The molecule has 0 saturated heterocycles. The summed E-state index contributed by atoms with van der Waals surface area (Å²) in [6.07, 6.45) is 0.263. The van der Waals surface area contributed by atoms with Gasteiger partial charge in [-0.3, -0.25) is 0 Å². The van der Waals surface area contributed by atoms with Crippen LogP contribution >= 0.6 is 0 Å². The van der Waals surface area contributed by atoms with Gasteiger partial charge in [-0.05, 0) is 30.3 Å². The number of carbonyl (C=O) groups excluding carboxylic acids is 1. The highest BCUT2D eigenvalue weighted by atomic mass is 19.4. The van der Waals surface area contributed by atoms with E-state index in [1.807, 2.05) is 25.2 Å². The van der Waals surface area contributed by atoms with E-state index in [1.54, 1.807) is 41.0 Å². The molecule has 204 valence electrons. The fraction of sp³-hybridized carbons (Fsp3) is 0.214. The van der Waals surface area contributed by atoms with Gasteiger partial charge in [-0.25, -0.2) is 0 Å². The molecule has 0 aliphatic rings. The number of pyridine rings is 1. The number of halogens is 3. The molecular formula is C28H24F3NO7. The Morgan fingerprint density at radius 3 is 1.97 bits per heavy atom. The Kier molecular flexibility index (Phi) is 7.44. The zero-order valence-electron chi connectivity index (χ0n) is 21.6. The quantitative estimate of drug-likeness (QED) is 0.237. The first-order valence-electron chi connectivity index (χ1n) is 11.4.